The van der Waals surface area contributed by atoms with E-state index in [1.807, 2.05) is 24.4 Å². The van der Waals surface area contributed by atoms with Gasteiger partial charge in [-0.15, -0.1) is 0 Å². The molecule has 112 valence electrons. The van der Waals surface area contributed by atoms with Crippen molar-refractivity contribution < 1.29 is 4.74 Å². The quantitative estimate of drug-likeness (QED) is 0.756. The number of rotatable bonds is 6. The summed E-state index contributed by atoms with van der Waals surface area (Å²) >= 11 is 0. The van der Waals surface area contributed by atoms with Gasteiger partial charge in [-0.3, -0.25) is 0 Å². The highest BCUT2D eigenvalue weighted by atomic mass is 16.5. The van der Waals surface area contributed by atoms with Gasteiger partial charge < -0.3 is 14.6 Å². The summed E-state index contributed by atoms with van der Waals surface area (Å²) in [6, 6.07) is 12.1. The molecule has 2 heterocycles. The SMILES string of the molecule is COc1cc(NCc2nccn2Cc2ccccc2)ncn1. The van der Waals surface area contributed by atoms with Crippen LogP contribution in [0, 0.1) is 0 Å². The zero-order chi connectivity index (χ0) is 15.2. The van der Waals surface area contributed by atoms with Crippen molar-refractivity contribution in [2.75, 3.05) is 12.4 Å². The molecule has 22 heavy (non-hydrogen) atoms. The Morgan fingerprint density at radius 2 is 2.00 bits per heavy atom. The monoisotopic (exact) mass is 295 g/mol. The predicted molar refractivity (Wildman–Crippen MR) is 83.7 cm³/mol. The summed E-state index contributed by atoms with van der Waals surface area (Å²) < 4.78 is 7.19. The van der Waals surface area contributed by atoms with E-state index < -0.39 is 0 Å². The molecule has 3 rings (SSSR count). The Bertz CT molecular complexity index is 726. The van der Waals surface area contributed by atoms with Gasteiger partial charge in [-0.25, -0.2) is 15.0 Å². The van der Waals surface area contributed by atoms with Crippen LogP contribution in [-0.2, 0) is 13.1 Å². The normalized spacial score (nSPS) is 10.4. The van der Waals surface area contributed by atoms with Crippen LogP contribution in [0.1, 0.15) is 11.4 Å². The summed E-state index contributed by atoms with van der Waals surface area (Å²) in [5, 5.41) is 3.23. The minimum atomic E-state index is 0.533. The molecule has 0 bridgehead atoms. The molecular formula is C16H17N5O. The van der Waals surface area contributed by atoms with E-state index in [2.05, 4.69) is 37.0 Å². The minimum Gasteiger partial charge on any atom is -0.481 e. The van der Waals surface area contributed by atoms with Crippen molar-refractivity contribution in [3.8, 4) is 5.88 Å². The third kappa shape index (κ3) is 3.41. The van der Waals surface area contributed by atoms with Crippen molar-refractivity contribution in [3.63, 3.8) is 0 Å². The smallest absolute Gasteiger partial charge is 0.218 e. The summed E-state index contributed by atoms with van der Waals surface area (Å²) in [6.07, 6.45) is 5.25. The van der Waals surface area contributed by atoms with Crippen molar-refractivity contribution in [1.82, 2.24) is 19.5 Å². The van der Waals surface area contributed by atoms with Crippen molar-refractivity contribution in [3.05, 3.63) is 66.5 Å². The average Bonchev–Trinajstić information content (AvgIpc) is 3.01. The lowest BCUT2D eigenvalue weighted by Crippen LogP contribution is -2.10. The van der Waals surface area contributed by atoms with E-state index in [0.29, 0.717) is 18.2 Å². The molecule has 0 aliphatic heterocycles. The standard InChI is InChI=1S/C16H17N5O/c1-22-16-9-14(19-12-20-16)18-10-15-17-7-8-21(15)11-13-5-3-2-4-6-13/h2-9,12H,10-11H2,1H3,(H,18,19,20). The molecule has 0 saturated heterocycles. The van der Waals surface area contributed by atoms with E-state index in [9.17, 15) is 0 Å². The first-order valence-electron chi connectivity index (χ1n) is 6.99. The maximum absolute atomic E-state index is 5.08. The lowest BCUT2D eigenvalue weighted by atomic mass is 10.2. The molecule has 0 aliphatic carbocycles. The van der Waals surface area contributed by atoms with Crippen LogP contribution >= 0.6 is 0 Å². The van der Waals surface area contributed by atoms with E-state index in [-0.39, 0.29) is 0 Å². The molecule has 0 saturated carbocycles. The van der Waals surface area contributed by atoms with Gasteiger partial charge in [0.1, 0.15) is 18.0 Å². The molecule has 0 spiro atoms. The Morgan fingerprint density at radius 1 is 1.14 bits per heavy atom. The van der Waals surface area contributed by atoms with Crippen LogP contribution in [0.2, 0.25) is 0 Å². The molecule has 6 nitrogen and oxygen atoms in total. The molecular weight excluding hydrogens is 278 g/mol. The van der Waals surface area contributed by atoms with Gasteiger partial charge in [0.05, 0.1) is 13.7 Å². The van der Waals surface area contributed by atoms with Gasteiger partial charge in [0, 0.05) is 25.0 Å². The maximum atomic E-state index is 5.08. The van der Waals surface area contributed by atoms with Crippen molar-refractivity contribution in [2.45, 2.75) is 13.1 Å². The fraction of sp³-hybridized carbons (Fsp3) is 0.188. The maximum Gasteiger partial charge on any atom is 0.218 e. The molecule has 1 aromatic carbocycles. The molecule has 0 radical (unpaired) electrons. The highest BCUT2D eigenvalue weighted by molar-refractivity contribution is 5.37. The Hall–Kier alpha value is -2.89. The van der Waals surface area contributed by atoms with Crippen LogP contribution in [-0.4, -0.2) is 26.6 Å². The van der Waals surface area contributed by atoms with Crippen LogP contribution in [0.3, 0.4) is 0 Å². The predicted octanol–water partition coefficient (Wildman–Crippen LogP) is 2.34. The highest BCUT2D eigenvalue weighted by Crippen LogP contribution is 2.12. The topological polar surface area (TPSA) is 64.9 Å². The van der Waals surface area contributed by atoms with Gasteiger partial charge in [-0.2, -0.15) is 0 Å². The first-order valence-corrected chi connectivity index (χ1v) is 6.99. The first kappa shape index (κ1) is 14.1. The molecule has 0 aliphatic rings. The minimum absolute atomic E-state index is 0.533. The average molecular weight is 295 g/mol. The molecule has 3 aromatic rings. The fourth-order valence-corrected chi connectivity index (χ4v) is 2.15. The zero-order valence-corrected chi connectivity index (χ0v) is 12.3. The number of anilines is 1. The second kappa shape index (κ2) is 6.71. The van der Waals surface area contributed by atoms with Crippen molar-refractivity contribution in [2.24, 2.45) is 0 Å². The van der Waals surface area contributed by atoms with Crippen molar-refractivity contribution >= 4 is 5.82 Å². The molecule has 0 fully saturated rings. The van der Waals surface area contributed by atoms with Crippen molar-refractivity contribution in [1.29, 1.82) is 0 Å². The lowest BCUT2D eigenvalue weighted by molar-refractivity contribution is 0.397. The Labute approximate surface area is 128 Å². The Kier molecular flexibility index (Phi) is 4.29. The number of nitrogens with zero attached hydrogens (tertiary/aromatic N) is 4. The third-order valence-corrected chi connectivity index (χ3v) is 3.28. The number of aromatic nitrogens is 4. The Balaban J connectivity index is 1.67. The first-order chi connectivity index (χ1) is 10.8. The van der Waals surface area contributed by atoms with Crippen LogP contribution in [0.5, 0.6) is 5.88 Å². The molecule has 0 atom stereocenters. The van der Waals surface area contributed by atoms with Gasteiger partial charge in [0.2, 0.25) is 5.88 Å². The summed E-state index contributed by atoms with van der Waals surface area (Å²) in [6.45, 7) is 1.38. The molecule has 6 heteroatoms. The van der Waals surface area contributed by atoms with Crippen LogP contribution < -0.4 is 10.1 Å². The van der Waals surface area contributed by atoms with Gasteiger partial charge in [-0.1, -0.05) is 30.3 Å². The van der Waals surface area contributed by atoms with Gasteiger partial charge in [0.25, 0.3) is 0 Å². The van der Waals surface area contributed by atoms with E-state index >= 15 is 0 Å². The molecule has 2 aromatic heterocycles. The zero-order valence-electron chi connectivity index (χ0n) is 12.3. The molecule has 0 unspecified atom stereocenters. The van der Waals surface area contributed by atoms with E-state index in [1.54, 1.807) is 19.4 Å². The second-order valence-corrected chi connectivity index (χ2v) is 4.76. The lowest BCUT2D eigenvalue weighted by Gasteiger charge is -2.09. The highest BCUT2D eigenvalue weighted by Gasteiger charge is 2.05. The number of ether oxygens (including phenoxy) is 1. The number of methoxy groups -OCH3 is 1. The molecule has 0 amide bonds. The summed E-state index contributed by atoms with van der Waals surface area (Å²) in [4.78, 5) is 12.5. The fourth-order valence-electron chi connectivity index (χ4n) is 2.15. The number of benzene rings is 1. The number of nitrogens with one attached hydrogen (secondary N) is 1. The largest absolute Gasteiger partial charge is 0.481 e. The van der Waals surface area contributed by atoms with E-state index in [4.69, 9.17) is 4.74 Å². The summed E-state index contributed by atoms with van der Waals surface area (Å²) in [5.74, 6) is 2.19. The number of imidazole rings is 1. The van der Waals surface area contributed by atoms with Gasteiger partial charge in [0.15, 0.2) is 0 Å². The second-order valence-electron chi connectivity index (χ2n) is 4.76. The van der Waals surface area contributed by atoms with Crippen LogP contribution in [0.15, 0.2) is 55.1 Å². The third-order valence-electron chi connectivity index (χ3n) is 3.28. The van der Waals surface area contributed by atoms with E-state index in [0.717, 1.165) is 12.4 Å². The van der Waals surface area contributed by atoms with Gasteiger partial charge in [-0.05, 0) is 5.56 Å². The number of hydrogen-bond donors (Lipinski definition) is 1. The van der Waals surface area contributed by atoms with Crippen LogP contribution in [0.25, 0.3) is 0 Å². The Morgan fingerprint density at radius 3 is 2.82 bits per heavy atom. The summed E-state index contributed by atoms with van der Waals surface area (Å²) in [5.41, 5.74) is 1.24. The number of hydrogen-bond acceptors (Lipinski definition) is 5. The van der Waals surface area contributed by atoms with Crippen LogP contribution in [0.4, 0.5) is 5.82 Å². The van der Waals surface area contributed by atoms with E-state index in [1.165, 1.54) is 11.9 Å². The molecule has 1 N–H and O–H groups in total. The summed E-state index contributed by atoms with van der Waals surface area (Å²) in [7, 11) is 1.58. The van der Waals surface area contributed by atoms with Gasteiger partial charge >= 0.3 is 0 Å².